The fraction of sp³-hybridized carbons (Fsp3) is 0.706. The Bertz CT molecular complexity index is 568. The zero-order valence-corrected chi connectivity index (χ0v) is 14.4. The molecule has 7 heteroatoms. The van der Waals surface area contributed by atoms with Gasteiger partial charge in [0.25, 0.3) is 0 Å². The number of amides is 1. The number of carbonyl (C=O) groups excluding carboxylic acids is 1. The third-order valence-corrected chi connectivity index (χ3v) is 4.46. The molecule has 1 saturated carbocycles. The van der Waals surface area contributed by atoms with Gasteiger partial charge in [-0.25, -0.2) is 14.4 Å². The van der Waals surface area contributed by atoms with E-state index in [0.29, 0.717) is 30.9 Å². The molecule has 1 fully saturated rings. The maximum absolute atomic E-state index is 14.2. The first-order valence-electron chi connectivity index (χ1n) is 8.66. The highest BCUT2D eigenvalue weighted by Crippen LogP contribution is 2.30. The molecular formula is C17H27FN4O2. The van der Waals surface area contributed by atoms with E-state index in [0.717, 1.165) is 25.7 Å². The molecule has 134 valence electrons. The SMILES string of the molecule is Cc1nc(C)c(F)c(N[C@H]2CCCC[C@H]2CC(=O)NCCCO)n1. The normalized spacial score (nSPS) is 20.7. The molecule has 1 amide bonds. The van der Waals surface area contributed by atoms with E-state index >= 15 is 0 Å². The molecule has 0 saturated heterocycles. The van der Waals surface area contributed by atoms with E-state index in [9.17, 15) is 9.18 Å². The van der Waals surface area contributed by atoms with Gasteiger partial charge in [-0.2, -0.15) is 0 Å². The molecule has 1 aliphatic rings. The third kappa shape index (κ3) is 5.12. The largest absolute Gasteiger partial charge is 0.396 e. The van der Waals surface area contributed by atoms with Gasteiger partial charge < -0.3 is 15.7 Å². The first-order chi connectivity index (χ1) is 11.5. The molecule has 2 atom stereocenters. The summed E-state index contributed by atoms with van der Waals surface area (Å²) in [7, 11) is 0. The van der Waals surface area contributed by atoms with Crippen molar-refractivity contribution in [1.29, 1.82) is 0 Å². The van der Waals surface area contributed by atoms with Crippen molar-refractivity contribution in [3.05, 3.63) is 17.3 Å². The van der Waals surface area contributed by atoms with Crippen LogP contribution in [-0.2, 0) is 4.79 Å². The van der Waals surface area contributed by atoms with Gasteiger partial charge in [0.1, 0.15) is 5.82 Å². The molecular weight excluding hydrogens is 311 g/mol. The minimum absolute atomic E-state index is 0.0160. The molecule has 2 rings (SSSR count). The van der Waals surface area contributed by atoms with Gasteiger partial charge in [0.05, 0.1) is 5.69 Å². The summed E-state index contributed by atoms with van der Waals surface area (Å²) in [6.07, 6.45) is 4.95. The molecule has 24 heavy (non-hydrogen) atoms. The van der Waals surface area contributed by atoms with Crippen molar-refractivity contribution in [3.63, 3.8) is 0 Å². The zero-order valence-electron chi connectivity index (χ0n) is 14.4. The second-order valence-corrected chi connectivity index (χ2v) is 6.45. The predicted molar refractivity (Wildman–Crippen MR) is 90.2 cm³/mol. The van der Waals surface area contributed by atoms with Crippen LogP contribution in [0.5, 0.6) is 0 Å². The van der Waals surface area contributed by atoms with Crippen molar-refractivity contribution in [2.75, 3.05) is 18.5 Å². The first kappa shape index (κ1) is 18.6. The van der Waals surface area contributed by atoms with Gasteiger partial charge in [-0.3, -0.25) is 4.79 Å². The second-order valence-electron chi connectivity index (χ2n) is 6.45. The highest BCUT2D eigenvalue weighted by Gasteiger charge is 2.28. The van der Waals surface area contributed by atoms with Gasteiger partial charge in [-0.05, 0) is 39.0 Å². The number of nitrogens with one attached hydrogen (secondary N) is 2. The lowest BCUT2D eigenvalue weighted by Gasteiger charge is -2.32. The minimum atomic E-state index is -0.419. The van der Waals surface area contributed by atoms with Crippen LogP contribution in [0.2, 0.25) is 0 Å². The molecule has 0 radical (unpaired) electrons. The summed E-state index contributed by atoms with van der Waals surface area (Å²) >= 11 is 0. The van der Waals surface area contributed by atoms with Crippen molar-refractivity contribution in [2.45, 2.75) is 58.4 Å². The number of hydrogen-bond acceptors (Lipinski definition) is 5. The lowest BCUT2D eigenvalue weighted by Crippen LogP contribution is -2.37. The molecule has 3 N–H and O–H groups in total. The van der Waals surface area contributed by atoms with E-state index in [4.69, 9.17) is 5.11 Å². The lowest BCUT2D eigenvalue weighted by atomic mass is 9.82. The quantitative estimate of drug-likeness (QED) is 0.663. The molecule has 1 aliphatic carbocycles. The van der Waals surface area contributed by atoms with E-state index in [1.165, 1.54) is 0 Å². The first-order valence-corrected chi connectivity index (χ1v) is 8.66. The Labute approximate surface area is 142 Å². The van der Waals surface area contributed by atoms with Crippen LogP contribution < -0.4 is 10.6 Å². The fourth-order valence-electron chi connectivity index (χ4n) is 3.23. The van der Waals surface area contributed by atoms with E-state index in [-0.39, 0.29) is 30.3 Å². The topological polar surface area (TPSA) is 87.1 Å². The average molecular weight is 338 g/mol. The summed E-state index contributed by atoms with van der Waals surface area (Å²) in [6, 6.07) is 0.0329. The van der Waals surface area contributed by atoms with E-state index in [1.54, 1.807) is 13.8 Å². The number of aliphatic hydroxyl groups is 1. The van der Waals surface area contributed by atoms with Gasteiger partial charge in [-0.15, -0.1) is 0 Å². The molecule has 0 aromatic carbocycles. The molecule has 0 bridgehead atoms. The van der Waals surface area contributed by atoms with Crippen LogP contribution in [0, 0.1) is 25.6 Å². The average Bonchev–Trinajstić information content (AvgIpc) is 2.54. The monoisotopic (exact) mass is 338 g/mol. The summed E-state index contributed by atoms with van der Waals surface area (Å²) in [5.41, 5.74) is 0.333. The number of anilines is 1. The Hall–Kier alpha value is -1.76. The smallest absolute Gasteiger partial charge is 0.220 e. The van der Waals surface area contributed by atoms with Crippen LogP contribution in [0.15, 0.2) is 0 Å². The number of hydrogen-bond donors (Lipinski definition) is 3. The van der Waals surface area contributed by atoms with Crippen LogP contribution in [0.1, 0.15) is 50.0 Å². The number of halogens is 1. The van der Waals surface area contributed by atoms with E-state index in [2.05, 4.69) is 20.6 Å². The summed E-state index contributed by atoms with van der Waals surface area (Å²) in [5, 5.41) is 14.8. The van der Waals surface area contributed by atoms with Crippen molar-refractivity contribution >= 4 is 11.7 Å². The van der Waals surface area contributed by atoms with E-state index in [1.807, 2.05) is 0 Å². The van der Waals surface area contributed by atoms with Crippen LogP contribution in [0.4, 0.5) is 10.2 Å². The maximum Gasteiger partial charge on any atom is 0.220 e. The van der Waals surface area contributed by atoms with Gasteiger partial charge >= 0.3 is 0 Å². The predicted octanol–water partition coefficient (Wildman–Crippen LogP) is 2.09. The second kappa shape index (κ2) is 8.92. The van der Waals surface area contributed by atoms with E-state index < -0.39 is 5.82 Å². The number of rotatable bonds is 7. The van der Waals surface area contributed by atoms with Crippen LogP contribution >= 0.6 is 0 Å². The number of aryl methyl sites for hydroxylation is 2. The van der Waals surface area contributed by atoms with Gasteiger partial charge in [0.15, 0.2) is 11.6 Å². The highest BCUT2D eigenvalue weighted by atomic mass is 19.1. The maximum atomic E-state index is 14.2. The van der Waals surface area contributed by atoms with Crippen molar-refractivity contribution < 1.29 is 14.3 Å². The fourth-order valence-corrected chi connectivity index (χ4v) is 3.23. The third-order valence-electron chi connectivity index (χ3n) is 4.46. The summed E-state index contributed by atoms with van der Waals surface area (Å²) in [4.78, 5) is 20.2. The van der Waals surface area contributed by atoms with Crippen molar-refractivity contribution in [2.24, 2.45) is 5.92 Å². The van der Waals surface area contributed by atoms with Crippen LogP contribution in [0.3, 0.4) is 0 Å². The number of carbonyl (C=O) groups is 1. The highest BCUT2D eigenvalue weighted by molar-refractivity contribution is 5.76. The standard InChI is InChI=1S/C17H27FN4O2/c1-11-16(18)17(21-12(2)20-11)22-14-7-4-3-6-13(14)10-15(24)19-8-5-9-23/h13-14,23H,3-10H2,1-2H3,(H,19,24)(H,20,21,22)/t13-,14-/m0/s1. The Balaban J connectivity index is 2.00. The van der Waals surface area contributed by atoms with Crippen molar-refractivity contribution in [3.8, 4) is 0 Å². The number of aliphatic hydroxyl groups excluding tert-OH is 1. The molecule has 0 spiro atoms. The lowest BCUT2D eigenvalue weighted by molar-refractivity contribution is -0.122. The number of aromatic nitrogens is 2. The zero-order chi connectivity index (χ0) is 17.5. The molecule has 0 unspecified atom stereocenters. The Morgan fingerprint density at radius 1 is 1.29 bits per heavy atom. The van der Waals surface area contributed by atoms with Crippen LogP contribution in [-0.4, -0.2) is 40.2 Å². The number of nitrogens with zero attached hydrogens (tertiary/aromatic N) is 2. The molecule has 6 nitrogen and oxygen atoms in total. The molecule has 0 aliphatic heterocycles. The molecule has 1 aromatic heterocycles. The summed E-state index contributed by atoms with van der Waals surface area (Å²) in [6.45, 7) is 3.92. The molecule has 1 aromatic rings. The molecule has 1 heterocycles. The van der Waals surface area contributed by atoms with Gasteiger partial charge in [0, 0.05) is 25.6 Å². The summed E-state index contributed by atoms with van der Waals surface area (Å²) in [5.74, 6) is 0.487. The van der Waals surface area contributed by atoms with Gasteiger partial charge in [0.2, 0.25) is 5.91 Å². The minimum Gasteiger partial charge on any atom is -0.396 e. The summed E-state index contributed by atoms with van der Waals surface area (Å²) < 4.78 is 14.2. The van der Waals surface area contributed by atoms with Crippen LogP contribution in [0.25, 0.3) is 0 Å². The Kier molecular flexibility index (Phi) is 6.90. The van der Waals surface area contributed by atoms with Crippen molar-refractivity contribution in [1.82, 2.24) is 15.3 Å². The van der Waals surface area contributed by atoms with Gasteiger partial charge in [-0.1, -0.05) is 12.8 Å². The Morgan fingerprint density at radius 2 is 2.04 bits per heavy atom. The Morgan fingerprint density at radius 3 is 2.79 bits per heavy atom.